The lowest BCUT2D eigenvalue weighted by molar-refractivity contribution is -0.234. The van der Waals surface area contributed by atoms with Crippen molar-refractivity contribution in [3.63, 3.8) is 0 Å². The first kappa shape index (κ1) is 11.3. The van der Waals surface area contributed by atoms with Crippen molar-refractivity contribution in [2.24, 2.45) is 5.73 Å². The van der Waals surface area contributed by atoms with Crippen molar-refractivity contribution >= 4 is 5.91 Å². The van der Waals surface area contributed by atoms with E-state index in [4.69, 9.17) is 15.6 Å². The summed E-state index contributed by atoms with van der Waals surface area (Å²) in [5, 5.41) is 36.9. The van der Waals surface area contributed by atoms with Crippen LogP contribution in [0.25, 0.3) is 0 Å². The minimum atomic E-state index is -2.30. The van der Waals surface area contributed by atoms with E-state index < -0.39 is 43.0 Å². The van der Waals surface area contributed by atoms with Gasteiger partial charge >= 0.3 is 0 Å². The van der Waals surface area contributed by atoms with E-state index in [9.17, 15) is 20.1 Å². The van der Waals surface area contributed by atoms with E-state index >= 15 is 0 Å². The largest absolute Gasteiger partial charge is 0.394 e. The van der Waals surface area contributed by atoms with E-state index in [0.29, 0.717) is 0 Å². The highest BCUT2D eigenvalue weighted by atomic mass is 16.5. The van der Waals surface area contributed by atoms with Crippen LogP contribution in [0.4, 0.5) is 0 Å². The van der Waals surface area contributed by atoms with Gasteiger partial charge in [0.25, 0.3) is 5.91 Å². The van der Waals surface area contributed by atoms with E-state index in [1.165, 1.54) is 0 Å². The average molecular weight is 207 g/mol. The Hall–Kier alpha value is -0.730. The lowest BCUT2D eigenvalue weighted by Gasteiger charge is -2.40. The van der Waals surface area contributed by atoms with Crippen molar-refractivity contribution in [3.05, 3.63) is 0 Å². The lowest BCUT2D eigenvalue weighted by Crippen LogP contribution is -2.67. The standard InChI is InChI=1S/C7H13NO6/c8-6(12)7(13)2-14-3(1-9)4(10)5(7)11/h3-5,9-11,13H,1-2H2,(H2,8,12)/t3-,4-,5+,7-/m1/s1. The molecule has 14 heavy (non-hydrogen) atoms. The molecule has 1 aliphatic heterocycles. The summed E-state index contributed by atoms with van der Waals surface area (Å²) in [4.78, 5) is 10.8. The fourth-order valence-electron chi connectivity index (χ4n) is 1.28. The van der Waals surface area contributed by atoms with Gasteiger partial charge in [-0.25, -0.2) is 0 Å². The van der Waals surface area contributed by atoms with Gasteiger partial charge in [0.05, 0.1) is 13.2 Å². The van der Waals surface area contributed by atoms with Gasteiger partial charge in [-0.15, -0.1) is 0 Å². The molecule has 0 bridgehead atoms. The van der Waals surface area contributed by atoms with Gasteiger partial charge < -0.3 is 30.9 Å². The molecule has 0 aromatic rings. The highest BCUT2D eigenvalue weighted by Gasteiger charge is 2.52. The molecule has 0 aromatic carbocycles. The molecule has 7 heteroatoms. The molecule has 1 heterocycles. The molecule has 7 nitrogen and oxygen atoms in total. The minimum absolute atomic E-state index is 0.521. The van der Waals surface area contributed by atoms with Gasteiger partial charge in [-0.05, 0) is 0 Å². The maximum absolute atomic E-state index is 10.8. The monoisotopic (exact) mass is 207 g/mol. The highest BCUT2D eigenvalue weighted by Crippen LogP contribution is 2.23. The molecule has 1 rings (SSSR count). The van der Waals surface area contributed by atoms with Crippen LogP contribution >= 0.6 is 0 Å². The molecule has 4 atom stereocenters. The van der Waals surface area contributed by atoms with Gasteiger partial charge in [0.1, 0.15) is 18.3 Å². The number of aliphatic hydroxyl groups excluding tert-OH is 3. The molecule has 0 spiro atoms. The van der Waals surface area contributed by atoms with Crippen LogP contribution in [-0.4, -0.2) is 63.5 Å². The number of carbonyl (C=O) groups is 1. The van der Waals surface area contributed by atoms with Crippen LogP contribution in [0.1, 0.15) is 0 Å². The summed E-state index contributed by atoms with van der Waals surface area (Å²) in [6.45, 7) is -1.07. The molecule has 0 saturated carbocycles. The van der Waals surface area contributed by atoms with Crippen LogP contribution in [0.2, 0.25) is 0 Å². The van der Waals surface area contributed by atoms with Crippen molar-refractivity contribution in [1.82, 2.24) is 0 Å². The second kappa shape index (κ2) is 3.79. The summed E-state index contributed by atoms with van der Waals surface area (Å²) >= 11 is 0. The van der Waals surface area contributed by atoms with Crippen LogP contribution in [-0.2, 0) is 9.53 Å². The Morgan fingerprint density at radius 3 is 2.57 bits per heavy atom. The zero-order chi connectivity index (χ0) is 10.9. The number of hydrogen-bond acceptors (Lipinski definition) is 6. The number of nitrogens with two attached hydrogens (primary N) is 1. The predicted octanol–water partition coefficient (Wildman–Crippen LogP) is -3.68. The second-order valence-electron chi connectivity index (χ2n) is 3.26. The van der Waals surface area contributed by atoms with Crippen molar-refractivity contribution in [1.29, 1.82) is 0 Å². The van der Waals surface area contributed by atoms with Crippen molar-refractivity contribution in [2.45, 2.75) is 23.9 Å². The van der Waals surface area contributed by atoms with Gasteiger partial charge in [0.2, 0.25) is 0 Å². The number of ether oxygens (including phenoxy) is 1. The molecule has 0 aliphatic carbocycles. The van der Waals surface area contributed by atoms with E-state index in [1.807, 2.05) is 0 Å². The van der Waals surface area contributed by atoms with Crippen molar-refractivity contribution in [3.8, 4) is 0 Å². The number of aliphatic hydroxyl groups is 4. The predicted molar refractivity (Wildman–Crippen MR) is 43.0 cm³/mol. The van der Waals surface area contributed by atoms with Crippen LogP contribution in [0, 0.1) is 0 Å². The number of amides is 1. The van der Waals surface area contributed by atoms with E-state index in [-0.39, 0.29) is 0 Å². The Kier molecular flexibility index (Phi) is 3.07. The molecular formula is C7H13NO6. The summed E-state index contributed by atoms with van der Waals surface area (Å²) in [5.74, 6) is -1.18. The molecule has 0 unspecified atom stereocenters. The van der Waals surface area contributed by atoms with E-state index in [2.05, 4.69) is 0 Å². The first-order valence-corrected chi connectivity index (χ1v) is 4.04. The average Bonchev–Trinajstić information content (AvgIpc) is 2.14. The number of carbonyl (C=O) groups excluding carboxylic acids is 1. The third-order valence-corrected chi connectivity index (χ3v) is 2.32. The molecule has 1 aliphatic rings. The third kappa shape index (κ3) is 1.60. The first-order valence-electron chi connectivity index (χ1n) is 4.04. The first-order chi connectivity index (χ1) is 6.43. The summed E-state index contributed by atoms with van der Waals surface area (Å²) in [6, 6.07) is 0. The van der Waals surface area contributed by atoms with Gasteiger partial charge in [0.15, 0.2) is 5.60 Å². The van der Waals surface area contributed by atoms with Crippen LogP contribution in [0.5, 0.6) is 0 Å². The zero-order valence-electron chi connectivity index (χ0n) is 7.33. The maximum atomic E-state index is 10.8. The van der Waals surface area contributed by atoms with Gasteiger partial charge in [0, 0.05) is 0 Å². The molecular weight excluding hydrogens is 194 g/mol. The van der Waals surface area contributed by atoms with Gasteiger partial charge in [-0.3, -0.25) is 4.79 Å². The minimum Gasteiger partial charge on any atom is -0.394 e. The Morgan fingerprint density at radius 1 is 1.57 bits per heavy atom. The smallest absolute Gasteiger partial charge is 0.254 e. The van der Waals surface area contributed by atoms with E-state index in [1.54, 1.807) is 0 Å². The fourth-order valence-corrected chi connectivity index (χ4v) is 1.28. The molecule has 6 N–H and O–H groups in total. The highest BCUT2D eigenvalue weighted by molar-refractivity contribution is 5.84. The van der Waals surface area contributed by atoms with Crippen LogP contribution in [0.3, 0.4) is 0 Å². The summed E-state index contributed by atoms with van der Waals surface area (Å²) in [7, 11) is 0. The number of primary amides is 1. The molecule has 1 amide bonds. The zero-order valence-corrected chi connectivity index (χ0v) is 7.33. The topological polar surface area (TPSA) is 133 Å². The third-order valence-electron chi connectivity index (χ3n) is 2.32. The van der Waals surface area contributed by atoms with Crippen LogP contribution in [0.15, 0.2) is 0 Å². The Balaban J connectivity index is 2.83. The Bertz CT molecular complexity index is 234. The SMILES string of the molecule is NC(=O)[C@@]1(O)CO[C@H](CO)[C@@H](O)[C@@H]1O. The second-order valence-corrected chi connectivity index (χ2v) is 3.26. The van der Waals surface area contributed by atoms with Gasteiger partial charge in [-0.2, -0.15) is 0 Å². The molecule has 82 valence electrons. The molecule has 1 saturated heterocycles. The maximum Gasteiger partial charge on any atom is 0.254 e. The van der Waals surface area contributed by atoms with Crippen molar-refractivity contribution < 1.29 is 30.0 Å². The fraction of sp³-hybridized carbons (Fsp3) is 0.857. The number of rotatable bonds is 2. The summed E-state index contributed by atoms with van der Waals surface area (Å²) in [5.41, 5.74) is 2.54. The Labute approximate surface area is 79.7 Å². The lowest BCUT2D eigenvalue weighted by atomic mass is 9.87. The van der Waals surface area contributed by atoms with E-state index in [0.717, 1.165) is 0 Å². The molecule has 1 fully saturated rings. The van der Waals surface area contributed by atoms with Crippen molar-refractivity contribution in [2.75, 3.05) is 13.2 Å². The molecule has 0 aromatic heterocycles. The summed E-state index contributed by atoms with van der Waals surface area (Å²) < 4.78 is 4.78. The van der Waals surface area contributed by atoms with Crippen LogP contribution < -0.4 is 5.73 Å². The number of hydrogen-bond donors (Lipinski definition) is 5. The van der Waals surface area contributed by atoms with Gasteiger partial charge in [-0.1, -0.05) is 0 Å². The molecule has 0 radical (unpaired) electrons. The summed E-state index contributed by atoms with van der Waals surface area (Å²) in [6.07, 6.45) is -4.33. The quantitative estimate of drug-likeness (QED) is 0.316. The Morgan fingerprint density at radius 2 is 2.14 bits per heavy atom. The normalized spacial score (nSPS) is 43.6.